The van der Waals surface area contributed by atoms with Crippen LogP contribution < -0.4 is 5.32 Å². The van der Waals surface area contributed by atoms with E-state index in [9.17, 15) is 4.79 Å². The minimum absolute atomic E-state index is 0.00264. The van der Waals surface area contributed by atoms with E-state index in [-0.39, 0.29) is 5.91 Å². The van der Waals surface area contributed by atoms with Gasteiger partial charge in [0.05, 0.1) is 0 Å². The van der Waals surface area contributed by atoms with E-state index in [1.807, 2.05) is 44.2 Å². The zero-order valence-corrected chi connectivity index (χ0v) is 15.4. The first-order valence-electron chi connectivity index (χ1n) is 8.78. The third kappa shape index (κ3) is 4.36. The molecule has 0 aliphatic rings. The van der Waals surface area contributed by atoms with Crippen LogP contribution in [0.4, 0.5) is 5.69 Å². The summed E-state index contributed by atoms with van der Waals surface area (Å²) in [5.41, 5.74) is 5.19. The van der Waals surface area contributed by atoms with Gasteiger partial charge in [0.25, 0.3) is 0 Å². The van der Waals surface area contributed by atoms with Crippen molar-refractivity contribution in [3.05, 3.63) is 65.0 Å². The Morgan fingerprint density at radius 2 is 1.77 bits per heavy atom. The Morgan fingerprint density at radius 1 is 1.08 bits per heavy atom. The Bertz CT molecular complexity index is 878. The zero-order chi connectivity index (χ0) is 18.5. The number of anilines is 1. The number of carbonyl (C=O) groups excluding carboxylic acids is 1. The highest BCUT2D eigenvalue weighted by molar-refractivity contribution is 5.92. The number of carbonyl (C=O) groups is 1. The Balaban J connectivity index is 1.52. The molecule has 1 amide bonds. The quantitative estimate of drug-likeness (QED) is 0.705. The second-order valence-electron chi connectivity index (χ2n) is 6.55. The number of hydrogen-bond donors (Lipinski definition) is 1. The predicted octanol–water partition coefficient (Wildman–Crippen LogP) is 4.62. The van der Waals surface area contributed by atoms with E-state index >= 15 is 0 Å². The first-order valence-corrected chi connectivity index (χ1v) is 8.78. The van der Waals surface area contributed by atoms with E-state index in [2.05, 4.69) is 34.5 Å². The largest absolute Gasteiger partial charge is 0.339 e. The van der Waals surface area contributed by atoms with Crippen LogP contribution in [-0.2, 0) is 11.2 Å². The molecule has 0 saturated carbocycles. The number of nitrogens with one attached hydrogen (secondary N) is 1. The fourth-order valence-electron chi connectivity index (χ4n) is 3.04. The SMILES string of the molecule is Cc1cc(C)c(NC(=O)CCCc2nc(-c3ccccc3)no2)c(C)c1. The normalized spacial score (nSPS) is 10.7. The average Bonchev–Trinajstić information content (AvgIpc) is 3.08. The standard InChI is InChI=1S/C21H23N3O2/c1-14-12-15(2)20(16(3)13-14)22-18(25)10-7-11-19-23-21(24-26-19)17-8-5-4-6-9-17/h4-6,8-9,12-13H,7,10-11H2,1-3H3,(H,22,25). The van der Waals surface area contributed by atoms with E-state index in [1.54, 1.807) is 0 Å². The maximum Gasteiger partial charge on any atom is 0.226 e. The summed E-state index contributed by atoms with van der Waals surface area (Å²) in [5, 5.41) is 7.01. The molecule has 134 valence electrons. The molecule has 3 rings (SSSR count). The summed E-state index contributed by atoms with van der Waals surface area (Å²) in [5.74, 6) is 1.14. The molecule has 1 N–H and O–H groups in total. The van der Waals surface area contributed by atoms with Crippen LogP contribution in [0.15, 0.2) is 47.0 Å². The van der Waals surface area contributed by atoms with Crippen molar-refractivity contribution in [1.82, 2.24) is 10.1 Å². The summed E-state index contributed by atoms with van der Waals surface area (Å²) in [4.78, 5) is 16.6. The third-order valence-electron chi connectivity index (χ3n) is 4.24. The Kier molecular flexibility index (Phi) is 5.46. The molecule has 0 saturated heterocycles. The first-order chi connectivity index (χ1) is 12.5. The van der Waals surface area contributed by atoms with Gasteiger partial charge in [0.15, 0.2) is 0 Å². The van der Waals surface area contributed by atoms with Crippen LogP contribution in [0.2, 0.25) is 0 Å². The molecule has 0 aliphatic carbocycles. The number of aryl methyl sites for hydroxylation is 4. The van der Waals surface area contributed by atoms with E-state index in [0.717, 1.165) is 22.4 Å². The van der Waals surface area contributed by atoms with Gasteiger partial charge in [-0.2, -0.15) is 4.98 Å². The molecule has 0 unspecified atom stereocenters. The molecule has 3 aromatic rings. The molecule has 0 atom stereocenters. The van der Waals surface area contributed by atoms with Crippen molar-refractivity contribution in [2.24, 2.45) is 0 Å². The van der Waals surface area contributed by atoms with Gasteiger partial charge in [-0.3, -0.25) is 4.79 Å². The van der Waals surface area contributed by atoms with Gasteiger partial charge in [-0.15, -0.1) is 0 Å². The lowest BCUT2D eigenvalue weighted by Crippen LogP contribution is -2.13. The van der Waals surface area contributed by atoms with Crippen molar-refractivity contribution in [3.63, 3.8) is 0 Å². The molecule has 0 fully saturated rings. The van der Waals surface area contributed by atoms with Crippen LogP contribution >= 0.6 is 0 Å². The molecule has 5 heteroatoms. The second kappa shape index (κ2) is 7.95. The van der Waals surface area contributed by atoms with Gasteiger partial charge in [-0.1, -0.05) is 53.2 Å². The summed E-state index contributed by atoms with van der Waals surface area (Å²) < 4.78 is 5.28. The van der Waals surface area contributed by atoms with E-state index < -0.39 is 0 Å². The highest BCUT2D eigenvalue weighted by atomic mass is 16.5. The highest BCUT2D eigenvalue weighted by Gasteiger charge is 2.11. The summed E-state index contributed by atoms with van der Waals surface area (Å²) in [6.07, 6.45) is 1.65. The lowest BCUT2D eigenvalue weighted by Gasteiger charge is -2.12. The topological polar surface area (TPSA) is 68.0 Å². The average molecular weight is 349 g/mol. The first kappa shape index (κ1) is 17.9. The van der Waals surface area contributed by atoms with Crippen LogP contribution in [0.3, 0.4) is 0 Å². The minimum Gasteiger partial charge on any atom is -0.339 e. The molecule has 1 heterocycles. The van der Waals surface area contributed by atoms with Crippen LogP contribution in [0, 0.1) is 20.8 Å². The van der Waals surface area contributed by atoms with Crippen molar-refractivity contribution in [1.29, 1.82) is 0 Å². The molecule has 0 aliphatic heterocycles. The zero-order valence-electron chi connectivity index (χ0n) is 15.4. The predicted molar refractivity (Wildman–Crippen MR) is 102 cm³/mol. The van der Waals surface area contributed by atoms with Gasteiger partial charge in [0.2, 0.25) is 17.6 Å². The van der Waals surface area contributed by atoms with E-state index in [0.29, 0.717) is 31.0 Å². The maximum absolute atomic E-state index is 12.2. The smallest absolute Gasteiger partial charge is 0.226 e. The Hall–Kier alpha value is -2.95. The molecular formula is C21H23N3O2. The van der Waals surface area contributed by atoms with Gasteiger partial charge in [0.1, 0.15) is 0 Å². The fraction of sp³-hybridized carbons (Fsp3) is 0.286. The van der Waals surface area contributed by atoms with E-state index in [4.69, 9.17) is 4.52 Å². The molecule has 0 spiro atoms. The van der Waals surface area contributed by atoms with Crippen molar-refractivity contribution in [2.45, 2.75) is 40.0 Å². The number of aromatic nitrogens is 2. The minimum atomic E-state index is 0.00264. The summed E-state index contributed by atoms with van der Waals surface area (Å²) in [6.45, 7) is 6.08. The number of benzene rings is 2. The molecule has 2 aromatic carbocycles. The maximum atomic E-state index is 12.2. The van der Waals surface area contributed by atoms with Gasteiger partial charge < -0.3 is 9.84 Å². The van der Waals surface area contributed by atoms with Crippen molar-refractivity contribution in [2.75, 3.05) is 5.32 Å². The van der Waals surface area contributed by atoms with Crippen LogP contribution in [0.5, 0.6) is 0 Å². The monoisotopic (exact) mass is 349 g/mol. The third-order valence-corrected chi connectivity index (χ3v) is 4.24. The number of nitrogens with zero attached hydrogens (tertiary/aromatic N) is 2. The molecule has 0 bridgehead atoms. The molecule has 0 radical (unpaired) electrons. The van der Waals surface area contributed by atoms with Crippen molar-refractivity contribution >= 4 is 11.6 Å². The number of rotatable bonds is 6. The number of amides is 1. The van der Waals surface area contributed by atoms with Gasteiger partial charge in [-0.25, -0.2) is 0 Å². The van der Waals surface area contributed by atoms with Crippen molar-refractivity contribution < 1.29 is 9.32 Å². The molecule has 26 heavy (non-hydrogen) atoms. The Morgan fingerprint density at radius 3 is 2.46 bits per heavy atom. The lowest BCUT2D eigenvalue weighted by molar-refractivity contribution is -0.116. The summed E-state index contributed by atoms with van der Waals surface area (Å²) in [7, 11) is 0. The summed E-state index contributed by atoms with van der Waals surface area (Å²) in [6, 6.07) is 13.8. The fourth-order valence-corrected chi connectivity index (χ4v) is 3.04. The lowest BCUT2D eigenvalue weighted by atomic mass is 10.0. The second-order valence-corrected chi connectivity index (χ2v) is 6.55. The van der Waals surface area contributed by atoms with E-state index in [1.165, 1.54) is 5.56 Å². The van der Waals surface area contributed by atoms with Crippen LogP contribution in [-0.4, -0.2) is 16.0 Å². The molecule has 1 aromatic heterocycles. The molecular weight excluding hydrogens is 326 g/mol. The Labute approximate surface area is 153 Å². The van der Waals surface area contributed by atoms with Gasteiger partial charge in [0, 0.05) is 24.1 Å². The van der Waals surface area contributed by atoms with Gasteiger partial charge >= 0.3 is 0 Å². The summed E-state index contributed by atoms with van der Waals surface area (Å²) >= 11 is 0. The highest BCUT2D eigenvalue weighted by Crippen LogP contribution is 2.22. The van der Waals surface area contributed by atoms with Gasteiger partial charge in [-0.05, 0) is 38.3 Å². The van der Waals surface area contributed by atoms with Crippen LogP contribution in [0.25, 0.3) is 11.4 Å². The van der Waals surface area contributed by atoms with Crippen LogP contribution in [0.1, 0.15) is 35.4 Å². The van der Waals surface area contributed by atoms with Crippen molar-refractivity contribution in [3.8, 4) is 11.4 Å². The molecule has 5 nitrogen and oxygen atoms in total. The number of hydrogen-bond acceptors (Lipinski definition) is 4.